The maximum atomic E-state index is 12.6. The van der Waals surface area contributed by atoms with E-state index in [1.54, 1.807) is 4.68 Å². The summed E-state index contributed by atoms with van der Waals surface area (Å²) in [5, 5.41) is 7.17. The Balaban J connectivity index is 2.60. The van der Waals surface area contributed by atoms with Crippen LogP contribution in [-0.2, 0) is 12.7 Å². The average Bonchev–Trinajstić information content (AvgIpc) is 2.59. The van der Waals surface area contributed by atoms with Gasteiger partial charge in [-0.2, -0.15) is 13.2 Å². The molecule has 0 spiro atoms. The minimum absolute atomic E-state index is 0.204. The van der Waals surface area contributed by atoms with Gasteiger partial charge in [-0.3, -0.25) is 0 Å². The number of alkyl halides is 3. The molecule has 0 aliphatic heterocycles. The number of fused-ring (bicyclic) bond motifs is 1. The fourth-order valence-electron chi connectivity index (χ4n) is 1.58. The van der Waals surface area contributed by atoms with Crippen LogP contribution in [0.5, 0.6) is 0 Å². The van der Waals surface area contributed by atoms with Crippen LogP contribution < -0.4 is 0 Å². The molecular weight excluding hydrogens is 255 g/mol. The quantitative estimate of drug-likeness (QED) is 0.830. The fourth-order valence-corrected chi connectivity index (χ4v) is 1.85. The van der Waals surface area contributed by atoms with E-state index < -0.39 is 11.7 Å². The van der Waals surface area contributed by atoms with Gasteiger partial charge in [0.25, 0.3) is 0 Å². The van der Waals surface area contributed by atoms with Crippen molar-refractivity contribution in [3.8, 4) is 0 Å². The molecule has 0 saturated carbocycles. The zero-order valence-electron chi connectivity index (χ0n) is 8.92. The Morgan fingerprint density at radius 2 is 2.06 bits per heavy atom. The van der Waals surface area contributed by atoms with E-state index in [1.165, 1.54) is 6.07 Å². The van der Waals surface area contributed by atoms with E-state index >= 15 is 0 Å². The summed E-state index contributed by atoms with van der Waals surface area (Å²) in [6.07, 6.45) is -3.66. The van der Waals surface area contributed by atoms with Gasteiger partial charge in [0.15, 0.2) is 0 Å². The second-order valence-electron chi connectivity index (χ2n) is 3.63. The van der Waals surface area contributed by atoms with Gasteiger partial charge in [-0.05, 0) is 18.6 Å². The normalized spacial score (nSPS) is 12.3. The van der Waals surface area contributed by atoms with Crippen molar-refractivity contribution in [1.82, 2.24) is 15.0 Å². The molecule has 17 heavy (non-hydrogen) atoms. The van der Waals surface area contributed by atoms with Crippen molar-refractivity contribution < 1.29 is 13.2 Å². The van der Waals surface area contributed by atoms with E-state index in [-0.39, 0.29) is 10.5 Å². The lowest BCUT2D eigenvalue weighted by atomic mass is 10.2. The van der Waals surface area contributed by atoms with Gasteiger partial charge in [0.1, 0.15) is 5.52 Å². The van der Waals surface area contributed by atoms with Gasteiger partial charge in [-0.15, -0.1) is 5.10 Å². The third kappa shape index (κ3) is 2.22. The number of hydrogen-bond acceptors (Lipinski definition) is 2. The second-order valence-corrected chi connectivity index (χ2v) is 4.04. The molecule has 1 aromatic heterocycles. The Kier molecular flexibility index (Phi) is 2.99. The number of rotatable bonds is 2. The van der Waals surface area contributed by atoms with Crippen LogP contribution in [0.4, 0.5) is 13.2 Å². The summed E-state index contributed by atoms with van der Waals surface area (Å²) in [5.74, 6) is 0. The van der Waals surface area contributed by atoms with Crippen molar-refractivity contribution in [2.24, 2.45) is 0 Å². The van der Waals surface area contributed by atoms with E-state index in [4.69, 9.17) is 11.6 Å². The predicted molar refractivity (Wildman–Crippen MR) is 57.8 cm³/mol. The molecule has 0 amide bonds. The molecule has 0 radical (unpaired) electrons. The maximum Gasteiger partial charge on any atom is 0.417 e. The van der Waals surface area contributed by atoms with Crippen LogP contribution in [0.15, 0.2) is 12.1 Å². The van der Waals surface area contributed by atoms with Crippen molar-refractivity contribution >= 4 is 22.6 Å². The first kappa shape index (κ1) is 12.2. The van der Waals surface area contributed by atoms with Gasteiger partial charge < -0.3 is 0 Å². The number of benzene rings is 1. The molecule has 1 aromatic carbocycles. The van der Waals surface area contributed by atoms with Crippen LogP contribution >= 0.6 is 11.6 Å². The summed E-state index contributed by atoms with van der Waals surface area (Å²) in [6, 6.07) is 2.19. The van der Waals surface area contributed by atoms with Crippen LogP contribution in [0.25, 0.3) is 11.0 Å². The molecule has 92 valence electrons. The summed E-state index contributed by atoms with van der Waals surface area (Å²) in [5.41, 5.74) is -0.157. The van der Waals surface area contributed by atoms with Gasteiger partial charge in [0, 0.05) is 6.54 Å². The Hall–Kier alpha value is -1.30. The molecule has 0 N–H and O–H groups in total. The van der Waals surface area contributed by atoms with Crippen molar-refractivity contribution in [3.63, 3.8) is 0 Å². The molecule has 7 heteroatoms. The van der Waals surface area contributed by atoms with Gasteiger partial charge >= 0.3 is 6.18 Å². The van der Waals surface area contributed by atoms with Crippen molar-refractivity contribution in [2.75, 3.05) is 0 Å². The third-order valence-electron chi connectivity index (χ3n) is 2.34. The summed E-state index contributed by atoms with van der Waals surface area (Å²) in [6.45, 7) is 2.54. The highest BCUT2D eigenvalue weighted by Crippen LogP contribution is 2.36. The lowest BCUT2D eigenvalue weighted by Gasteiger charge is -2.08. The van der Waals surface area contributed by atoms with Crippen LogP contribution in [0.3, 0.4) is 0 Å². The first-order valence-electron chi connectivity index (χ1n) is 5.03. The van der Waals surface area contributed by atoms with Crippen molar-refractivity contribution in [1.29, 1.82) is 0 Å². The van der Waals surface area contributed by atoms with Crippen LogP contribution in [-0.4, -0.2) is 15.0 Å². The number of halogens is 4. The summed E-state index contributed by atoms with van der Waals surface area (Å²) >= 11 is 5.63. The van der Waals surface area contributed by atoms with E-state index in [1.807, 2.05) is 6.92 Å². The van der Waals surface area contributed by atoms with E-state index in [0.29, 0.717) is 12.1 Å². The summed E-state index contributed by atoms with van der Waals surface area (Å²) in [4.78, 5) is 0. The fraction of sp³-hybridized carbons (Fsp3) is 0.400. The molecule has 0 fully saturated rings. The van der Waals surface area contributed by atoms with E-state index in [0.717, 1.165) is 12.5 Å². The third-order valence-corrected chi connectivity index (χ3v) is 2.66. The first-order valence-corrected chi connectivity index (χ1v) is 5.41. The molecule has 0 unspecified atom stereocenters. The lowest BCUT2D eigenvalue weighted by Crippen LogP contribution is -2.06. The molecule has 2 aromatic rings. The van der Waals surface area contributed by atoms with Gasteiger partial charge in [0.05, 0.1) is 16.1 Å². The van der Waals surface area contributed by atoms with Gasteiger partial charge in [-0.1, -0.05) is 23.7 Å². The molecule has 0 aliphatic rings. The Morgan fingerprint density at radius 3 is 2.65 bits per heavy atom. The maximum absolute atomic E-state index is 12.6. The predicted octanol–water partition coefficient (Wildman–Crippen LogP) is 3.51. The van der Waals surface area contributed by atoms with Crippen LogP contribution in [0.2, 0.25) is 5.02 Å². The van der Waals surface area contributed by atoms with Gasteiger partial charge in [-0.25, -0.2) is 4.68 Å². The zero-order chi connectivity index (χ0) is 12.6. The Morgan fingerprint density at radius 1 is 1.35 bits per heavy atom. The average molecular weight is 264 g/mol. The van der Waals surface area contributed by atoms with E-state index in [9.17, 15) is 13.2 Å². The molecule has 0 saturated heterocycles. The largest absolute Gasteiger partial charge is 0.417 e. The SMILES string of the molecule is CCCn1nnc2cc(C(F)(F)F)c(Cl)cc21. The topological polar surface area (TPSA) is 30.7 Å². The van der Waals surface area contributed by atoms with Crippen molar-refractivity contribution in [3.05, 3.63) is 22.7 Å². The highest BCUT2D eigenvalue weighted by atomic mass is 35.5. The van der Waals surface area contributed by atoms with E-state index in [2.05, 4.69) is 10.3 Å². The molecule has 0 bridgehead atoms. The van der Waals surface area contributed by atoms with Crippen molar-refractivity contribution in [2.45, 2.75) is 26.1 Å². The summed E-state index contributed by atoms with van der Waals surface area (Å²) in [7, 11) is 0. The number of hydrogen-bond donors (Lipinski definition) is 0. The highest BCUT2D eigenvalue weighted by molar-refractivity contribution is 6.32. The lowest BCUT2D eigenvalue weighted by molar-refractivity contribution is -0.137. The summed E-state index contributed by atoms with van der Waals surface area (Å²) < 4.78 is 39.3. The number of aryl methyl sites for hydroxylation is 1. The molecule has 0 atom stereocenters. The Bertz CT molecular complexity index is 547. The van der Waals surface area contributed by atoms with Crippen LogP contribution in [0.1, 0.15) is 18.9 Å². The zero-order valence-corrected chi connectivity index (χ0v) is 9.68. The number of nitrogens with zero attached hydrogens (tertiary/aromatic N) is 3. The smallest absolute Gasteiger partial charge is 0.245 e. The molecule has 1 heterocycles. The first-order chi connectivity index (χ1) is 7.93. The Labute approximate surface area is 100 Å². The van der Waals surface area contributed by atoms with Gasteiger partial charge in [0.2, 0.25) is 0 Å². The molecule has 2 rings (SSSR count). The molecule has 0 aliphatic carbocycles. The molecule has 3 nitrogen and oxygen atoms in total. The minimum atomic E-state index is -4.47. The standard InChI is InChI=1S/C10H9ClF3N3/c1-2-3-17-9-5-7(11)6(10(12,13)14)4-8(9)15-16-17/h4-5H,2-3H2,1H3. The highest BCUT2D eigenvalue weighted by Gasteiger charge is 2.34. The second kappa shape index (κ2) is 4.18. The number of aromatic nitrogens is 3. The van der Waals surface area contributed by atoms with Crippen LogP contribution in [0, 0.1) is 0 Å². The molecular formula is C10H9ClF3N3. The minimum Gasteiger partial charge on any atom is -0.245 e. The monoisotopic (exact) mass is 263 g/mol.